The maximum atomic E-state index is 11.2. The third-order valence-corrected chi connectivity index (χ3v) is 3.24. The van der Waals surface area contributed by atoms with Crippen molar-refractivity contribution >= 4 is 23.6 Å². The number of rotatable bonds is 4. The second-order valence-corrected chi connectivity index (χ2v) is 4.61. The summed E-state index contributed by atoms with van der Waals surface area (Å²) in [6, 6.07) is 9.31. The van der Waals surface area contributed by atoms with Crippen LogP contribution >= 0.6 is 11.6 Å². The Morgan fingerprint density at radius 3 is 2.90 bits per heavy atom. The molecule has 4 heteroatoms. The fourth-order valence-corrected chi connectivity index (χ4v) is 1.98. The first-order chi connectivity index (χ1) is 9.61. The van der Waals surface area contributed by atoms with Crippen molar-refractivity contribution in [1.29, 1.82) is 0 Å². The van der Waals surface area contributed by atoms with Crippen molar-refractivity contribution in [2.45, 2.75) is 13.8 Å². The molecule has 104 valence electrons. The summed E-state index contributed by atoms with van der Waals surface area (Å²) >= 11 is 6.09. The van der Waals surface area contributed by atoms with E-state index in [0.29, 0.717) is 23.2 Å². The number of carbonyl (C=O) groups excluding carboxylic acids is 1. The average Bonchev–Trinajstić information content (AvgIpc) is 2.89. The third kappa shape index (κ3) is 3.31. The summed E-state index contributed by atoms with van der Waals surface area (Å²) in [6.07, 6.45) is 2.93. The lowest BCUT2D eigenvalue weighted by Crippen LogP contribution is -1.98. The molecule has 0 atom stereocenters. The number of hydrogen-bond acceptors (Lipinski definition) is 3. The molecular weight excluding hydrogens is 276 g/mol. The van der Waals surface area contributed by atoms with E-state index in [4.69, 9.17) is 20.8 Å². The quantitative estimate of drug-likeness (QED) is 0.615. The van der Waals surface area contributed by atoms with Crippen molar-refractivity contribution in [3.05, 3.63) is 52.8 Å². The molecule has 3 nitrogen and oxygen atoms in total. The van der Waals surface area contributed by atoms with E-state index in [1.165, 1.54) is 6.08 Å². The van der Waals surface area contributed by atoms with Crippen LogP contribution in [0.25, 0.3) is 17.4 Å². The summed E-state index contributed by atoms with van der Waals surface area (Å²) in [5, 5.41) is 0.697. The molecule has 0 bridgehead atoms. The van der Waals surface area contributed by atoms with Crippen molar-refractivity contribution in [1.82, 2.24) is 0 Å². The maximum absolute atomic E-state index is 11.2. The first-order valence-electron chi connectivity index (χ1n) is 6.32. The van der Waals surface area contributed by atoms with E-state index in [-0.39, 0.29) is 5.97 Å². The number of esters is 1. The fourth-order valence-electron chi connectivity index (χ4n) is 1.80. The molecule has 1 aromatic heterocycles. The van der Waals surface area contributed by atoms with Crippen LogP contribution in [-0.2, 0) is 9.53 Å². The highest BCUT2D eigenvalue weighted by Crippen LogP contribution is 2.29. The first-order valence-corrected chi connectivity index (χ1v) is 6.69. The minimum absolute atomic E-state index is 0.355. The van der Waals surface area contributed by atoms with E-state index in [9.17, 15) is 4.79 Å². The van der Waals surface area contributed by atoms with E-state index in [0.717, 1.165) is 11.1 Å². The van der Waals surface area contributed by atoms with Gasteiger partial charge in [0.25, 0.3) is 0 Å². The molecule has 0 amide bonds. The van der Waals surface area contributed by atoms with Crippen molar-refractivity contribution in [3.63, 3.8) is 0 Å². The molecule has 0 aliphatic rings. The molecule has 0 radical (unpaired) electrons. The number of furan rings is 1. The van der Waals surface area contributed by atoms with Gasteiger partial charge in [-0.15, -0.1) is 0 Å². The number of benzene rings is 1. The summed E-state index contributed by atoms with van der Waals surface area (Å²) in [5.41, 5.74) is 1.90. The zero-order chi connectivity index (χ0) is 14.5. The van der Waals surface area contributed by atoms with E-state index >= 15 is 0 Å². The lowest BCUT2D eigenvalue weighted by atomic mass is 10.1. The van der Waals surface area contributed by atoms with Crippen LogP contribution in [0.1, 0.15) is 18.2 Å². The highest BCUT2D eigenvalue weighted by molar-refractivity contribution is 6.31. The van der Waals surface area contributed by atoms with Crippen LogP contribution in [0.4, 0.5) is 0 Å². The number of hydrogen-bond donors (Lipinski definition) is 0. The predicted octanol–water partition coefficient (Wildman–Crippen LogP) is 4.48. The van der Waals surface area contributed by atoms with E-state index in [1.54, 1.807) is 19.1 Å². The minimum atomic E-state index is -0.385. The Balaban J connectivity index is 2.21. The standard InChI is InChI=1S/C16H15ClO3/c1-3-19-16(18)10-8-12-7-9-15(20-12)13-5-4-6-14(17)11(13)2/h4-10H,3H2,1-2H3/b10-8+. The molecule has 0 fully saturated rings. The Labute approximate surface area is 122 Å². The van der Waals surface area contributed by atoms with Crippen LogP contribution in [0.3, 0.4) is 0 Å². The Hall–Kier alpha value is -2.00. The van der Waals surface area contributed by atoms with Gasteiger partial charge in [-0.2, -0.15) is 0 Å². The van der Waals surface area contributed by atoms with Gasteiger partial charge < -0.3 is 9.15 Å². The van der Waals surface area contributed by atoms with Crippen molar-refractivity contribution in [2.75, 3.05) is 6.61 Å². The SMILES string of the molecule is CCOC(=O)/C=C/c1ccc(-c2cccc(Cl)c2C)o1. The minimum Gasteiger partial charge on any atom is -0.463 e. The average molecular weight is 291 g/mol. The molecule has 2 rings (SSSR count). The van der Waals surface area contributed by atoms with Crippen LogP contribution in [0.5, 0.6) is 0 Å². The van der Waals surface area contributed by atoms with Gasteiger partial charge in [0.1, 0.15) is 11.5 Å². The molecule has 0 saturated heterocycles. The molecule has 1 heterocycles. The van der Waals surface area contributed by atoms with E-state index in [2.05, 4.69) is 0 Å². The van der Waals surface area contributed by atoms with Crippen LogP contribution in [0.2, 0.25) is 5.02 Å². The Morgan fingerprint density at radius 2 is 2.15 bits per heavy atom. The van der Waals surface area contributed by atoms with Crippen LogP contribution in [0.15, 0.2) is 40.8 Å². The second-order valence-electron chi connectivity index (χ2n) is 4.20. The predicted molar refractivity (Wildman–Crippen MR) is 79.6 cm³/mol. The molecule has 2 aromatic rings. The Kier molecular flexibility index (Phi) is 4.64. The largest absolute Gasteiger partial charge is 0.463 e. The molecule has 0 aliphatic carbocycles. The third-order valence-electron chi connectivity index (χ3n) is 2.83. The van der Waals surface area contributed by atoms with Crippen LogP contribution in [0, 0.1) is 6.92 Å². The van der Waals surface area contributed by atoms with E-state index < -0.39 is 0 Å². The smallest absolute Gasteiger partial charge is 0.330 e. The summed E-state index contributed by atoms with van der Waals surface area (Å²) in [4.78, 5) is 11.2. The van der Waals surface area contributed by atoms with Gasteiger partial charge in [-0.1, -0.05) is 23.7 Å². The Morgan fingerprint density at radius 1 is 1.35 bits per heavy atom. The normalized spacial score (nSPS) is 10.9. The molecule has 0 N–H and O–H groups in total. The van der Waals surface area contributed by atoms with Crippen molar-refractivity contribution in [3.8, 4) is 11.3 Å². The summed E-state index contributed by atoms with van der Waals surface area (Å²) in [7, 11) is 0. The van der Waals surface area contributed by atoms with Crippen molar-refractivity contribution < 1.29 is 13.9 Å². The molecular formula is C16H15ClO3. The van der Waals surface area contributed by atoms with Gasteiger partial charge in [0.05, 0.1) is 6.61 Å². The first kappa shape index (κ1) is 14.4. The van der Waals surface area contributed by atoms with Gasteiger partial charge in [0.15, 0.2) is 0 Å². The molecule has 20 heavy (non-hydrogen) atoms. The number of carbonyl (C=O) groups is 1. The van der Waals surface area contributed by atoms with Gasteiger partial charge in [0.2, 0.25) is 0 Å². The Bertz CT molecular complexity index is 641. The molecule has 1 aromatic carbocycles. The second kappa shape index (κ2) is 6.44. The summed E-state index contributed by atoms with van der Waals surface area (Å²) in [6.45, 7) is 4.06. The lowest BCUT2D eigenvalue weighted by molar-refractivity contribution is -0.137. The maximum Gasteiger partial charge on any atom is 0.330 e. The van der Waals surface area contributed by atoms with Gasteiger partial charge in [0, 0.05) is 16.7 Å². The zero-order valence-electron chi connectivity index (χ0n) is 11.4. The summed E-state index contributed by atoms with van der Waals surface area (Å²) in [5.74, 6) is 0.922. The molecule has 0 spiro atoms. The molecule has 0 aliphatic heterocycles. The topological polar surface area (TPSA) is 39.4 Å². The summed E-state index contributed by atoms with van der Waals surface area (Å²) < 4.78 is 10.5. The molecule has 0 unspecified atom stereocenters. The molecule has 0 saturated carbocycles. The fraction of sp³-hybridized carbons (Fsp3) is 0.188. The van der Waals surface area contributed by atoms with Crippen LogP contribution < -0.4 is 0 Å². The monoisotopic (exact) mass is 290 g/mol. The van der Waals surface area contributed by atoms with Crippen LogP contribution in [-0.4, -0.2) is 12.6 Å². The highest BCUT2D eigenvalue weighted by atomic mass is 35.5. The highest BCUT2D eigenvalue weighted by Gasteiger charge is 2.08. The zero-order valence-corrected chi connectivity index (χ0v) is 12.1. The van der Waals surface area contributed by atoms with E-state index in [1.807, 2.05) is 31.2 Å². The van der Waals surface area contributed by atoms with Crippen molar-refractivity contribution in [2.24, 2.45) is 0 Å². The van der Waals surface area contributed by atoms with Gasteiger partial charge in [-0.3, -0.25) is 0 Å². The lowest BCUT2D eigenvalue weighted by Gasteiger charge is -2.03. The van der Waals surface area contributed by atoms with Gasteiger partial charge >= 0.3 is 5.97 Å². The number of ether oxygens (including phenoxy) is 1. The van der Waals surface area contributed by atoms with Gasteiger partial charge in [-0.25, -0.2) is 4.79 Å². The van der Waals surface area contributed by atoms with Gasteiger partial charge in [-0.05, 0) is 43.7 Å². The number of halogens is 1.